The molecule has 0 fully saturated rings. The molecule has 0 aliphatic carbocycles. The maximum Gasteiger partial charge on any atom is 0.252 e. The van der Waals surface area contributed by atoms with E-state index in [2.05, 4.69) is 10.3 Å². The van der Waals surface area contributed by atoms with E-state index >= 15 is 0 Å². The molecule has 0 saturated carbocycles. The lowest BCUT2D eigenvalue weighted by molar-refractivity contribution is -0.605. The number of benzene rings is 1. The zero-order chi connectivity index (χ0) is 18.5. The molecule has 0 atom stereocenters. The summed E-state index contributed by atoms with van der Waals surface area (Å²) < 4.78 is 32.4. The van der Waals surface area contributed by atoms with Crippen molar-refractivity contribution in [2.24, 2.45) is 0 Å². The predicted molar refractivity (Wildman–Crippen MR) is 87.2 cm³/mol. The van der Waals surface area contributed by atoms with E-state index in [4.69, 9.17) is 4.74 Å². The summed E-state index contributed by atoms with van der Waals surface area (Å²) in [6.45, 7) is 0.0952. The lowest BCUT2D eigenvalue weighted by Crippen LogP contribution is -2.27. The molecule has 132 valence electrons. The van der Waals surface area contributed by atoms with Gasteiger partial charge >= 0.3 is 0 Å². The standard InChI is InChI=1S/C18H13F2N3O3/c19-15-4-3-14(10-16(15)20)26-18-13(2-1-7-21-18)11-22-17(24)12-5-8-23(25)9-6-12/h1-10H,11H2,(H,22,24). The SMILES string of the molecule is O=C(NCc1cccnc1Oc1ccc(F)c(F)c1)c1cc[n+]([O-])cc1. The number of halogens is 2. The van der Waals surface area contributed by atoms with Gasteiger partial charge in [-0.1, -0.05) is 6.07 Å². The largest absolute Gasteiger partial charge is 0.619 e. The fourth-order valence-corrected chi connectivity index (χ4v) is 2.14. The van der Waals surface area contributed by atoms with Crippen molar-refractivity contribution in [2.45, 2.75) is 6.54 Å². The number of hydrogen-bond acceptors (Lipinski definition) is 4. The molecular formula is C18H13F2N3O3. The van der Waals surface area contributed by atoms with Gasteiger partial charge in [-0.25, -0.2) is 13.8 Å². The molecule has 3 aromatic rings. The Hall–Kier alpha value is -3.55. The van der Waals surface area contributed by atoms with Crippen LogP contribution in [-0.4, -0.2) is 10.9 Å². The number of nitrogens with zero attached hydrogens (tertiary/aromatic N) is 2. The lowest BCUT2D eigenvalue weighted by Gasteiger charge is -2.11. The summed E-state index contributed by atoms with van der Waals surface area (Å²) >= 11 is 0. The summed E-state index contributed by atoms with van der Waals surface area (Å²) in [5.41, 5.74) is 0.865. The molecular weight excluding hydrogens is 344 g/mol. The molecule has 8 heteroatoms. The number of carbonyl (C=O) groups excluding carboxylic acids is 1. The zero-order valence-corrected chi connectivity index (χ0v) is 13.4. The van der Waals surface area contributed by atoms with E-state index in [-0.39, 0.29) is 24.1 Å². The van der Waals surface area contributed by atoms with Crippen LogP contribution in [0.15, 0.2) is 61.1 Å². The van der Waals surface area contributed by atoms with Crippen LogP contribution in [0.25, 0.3) is 0 Å². The minimum atomic E-state index is -1.03. The molecule has 0 saturated heterocycles. The predicted octanol–water partition coefficient (Wildman–Crippen LogP) is 2.72. The highest BCUT2D eigenvalue weighted by Gasteiger charge is 2.11. The Bertz CT molecular complexity index is 933. The third kappa shape index (κ3) is 4.10. The van der Waals surface area contributed by atoms with Crippen LogP contribution < -0.4 is 14.8 Å². The number of hydrogen-bond donors (Lipinski definition) is 1. The molecule has 26 heavy (non-hydrogen) atoms. The zero-order valence-electron chi connectivity index (χ0n) is 13.4. The number of aromatic nitrogens is 2. The Balaban J connectivity index is 1.71. The molecule has 0 aliphatic rings. The molecule has 1 amide bonds. The van der Waals surface area contributed by atoms with Gasteiger partial charge in [-0.3, -0.25) is 4.79 Å². The molecule has 0 spiro atoms. The average molecular weight is 357 g/mol. The van der Waals surface area contributed by atoms with Gasteiger partial charge in [-0.2, -0.15) is 4.73 Å². The average Bonchev–Trinajstić information content (AvgIpc) is 2.64. The number of nitrogens with one attached hydrogen (secondary N) is 1. The third-order valence-corrected chi connectivity index (χ3v) is 3.46. The summed E-state index contributed by atoms with van der Waals surface area (Å²) in [5.74, 6) is -2.16. The molecule has 0 radical (unpaired) electrons. The van der Waals surface area contributed by atoms with Gasteiger partial charge < -0.3 is 15.3 Å². The van der Waals surface area contributed by atoms with E-state index in [0.29, 0.717) is 15.9 Å². The summed E-state index contributed by atoms with van der Waals surface area (Å²) in [7, 11) is 0. The maximum atomic E-state index is 13.3. The van der Waals surface area contributed by atoms with Gasteiger partial charge in [0.2, 0.25) is 5.88 Å². The Morgan fingerprint density at radius 2 is 1.92 bits per heavy atom. The van der Waals surface area contributed by atoms with Gasteiger partial charge in [0.05, 0.1) is 5.56 Å². The Morgan fingerprint density at radius 3 is 2.65 bits per heavy atom. The van der Waals surface area contributed by atoms with Crippen LogP contribution in [0.3, 0.4) is 0 Å². The molecule has 0 bridgehead atoms. The summed E-state index contributed by atoms with van der Waals surface area (Å²) in [6.07, 6.45) is 3.91. The van der Waals surface area contributed by atoms with E-state index in [1.165, 1.54) is 36.8 Å². The molecule has 2 aromatic heterocycles. The highest BCUT2D eigenvalue weighted by molar-refractivity contribution is 5.93. The monoisotopic (exact) mass is 357 g/mol. The molecule has 1 N–H and O–H groups in total. The van der Waals surface area contributed by atoms with Crippen molar-refractivity contribution in [2.75, 3.05) is 0 Å². The van der Waals surface area contributed by atoms with Gasteiger partial charge in [0.1, 0.15) is 5.75 Å². The summed E-state index contributed by atoms with van der Waals surface area (Å²) in [4.78, 5) is 16.2. The van der Waals surface area contributed by atoms with E-state index in [0.717, 1.165) is 12.1 Å². The Kier molecular flexibility index (Phi) is 5.02. The van der Waals surface area contributed by atoms with Gasteiger partial charge in [0.25, 0.3) is 5.91 Å². The van der Waals surface area contributed by atoms with Crippen LogP contribution in [0.5, 0.6) is 11.6 Å². The van der Waals surface area contributed by atoms with E-state index in [1.807, 2.05) is 0 Å². The van der Waals surface area contributed by atoms with Crippen LogP contribution in [0, 0.1) is 16.8 Å². The van der Waals surface area contributed by atoms with Crippen molar-refractivity contribution in [3.63, 3.8) is 0 Å². The van der Waals surface area contributed by atoms with Crippen molar-refractivity contribution in [1.82, 2.24) is 10.3 Å². The first kappa shape index (κ1) is 17.3. The number of carbonyl (C=O) groups is 1. The smallest absolute Gasteiger partial charge is 0.252 e. The second-order valence-corrected chi connectivity index (χ2v) is 5.28. The van der Waals surface area contributed by atoms with Gasteiger partial charge in [0.15, 0.2) is 24.0 Å². The second kappa shape index (κ2) is 7.56. The van der Waals surface area contributed by atoms with E-state index < -0.39 is 11.6 Å². The van der Waals surface area contributed by atoms with Crippen LogP contribution >= 0.6 is 0 Å². The van der Waals surface area contributed by atoms with Crippen molar-refractivity contribution in [1.29, 1.82) is 0 Å². The van der Waals surface area contributed by atoms with Crippen LogP contribution in [0.4, 0.5) is 8.78 Å². The minimum absolute atomic E-state index is 0.0817. The normalized spacial score (nSPS) is 10.4. The van der Waals surface area contributed by atoms with Crippen molar-refractivity contribution in [3.05, 3.63) is 89.0 Å². The molecule has 0 unspecified atom stereocenters. The quantitative estimate of drug-likeness (QED) is 0.563. The first-order valence-electron chi connectivity index (χ1n) is 7.57. The Morgan fingerprint density at radius 1 is 1.15 bits per heavy atom. The van der Waals surface area contributed by atoms with Crippen LogP contribution in [-0.2, 0) is 6.54 Å². The van der Waals surface area contributed by atoms with Crippen molar-refractivity contribution in [3.8, 4) is 11.6 Å². The highest BCUT2D eigenvalue weighted by Crippen LogP contribution is 2.24. The topological polar surface area (TPSA) is 78.2 Å². The van der Waals surface area contributed by atoms with E-state index in [9.17, 15) is 18.8 Å². The van der Waals surface area contributed by atoms with Crippen molar-refractivity contribution < 1.29 is 23.0 Å². The minimum Gasteiger partial charge on any atom is -0.619 e. The number of rotatable bonds is 5. The first-order chi connectivity index (χ1) is 12.5. The molecule has 3 rings (SSSR count). The lowest BCUT2D eigenvalue weighted by atomic mass is 10.2. The number of ether oxygens (including phenoxy) is 1. The van der Waals surface area contributed by atoms with Gasteiger partial charge in [-0.05, 0) is 18.2 Å². The Labute approximate surface area is 147 Å². The van der Waals surface area contributed by atoms with E-state index in [1.54, 1.807) is 12.1 Å². The summed E-state index contributed by atoms with van der Waals surface area (Å²) in [5, 5.41) is 13.7. The molecule has 0 aliphatic heterocycles. The van der Waals surface area contributed by atoms with Crippen molar-refractivity contribution >= 4 is 5.91 Å². The highest BCUT2D eigenvalue weighted by atomic mass is 19.2. The van der Waals surface area contributed by atoms with Crippen LogP contribution in [0.2, 0.25) is 0 Å². The summed E-state index contributed by atoms with van der Waals surface area (Å²) in [6, 6.07) is 9.26. The maximum absolute atomic E-state index is 13.3. The number of pyridine rings is 2. The third-order valence-electron chi connectivity index (χ3n) is 3.46. The molecule has 6 nitrogen and oxygen atoms in total. The second-order valence-electron chi connectivity index (χ2n) is 5.28. The molecule has 2 heterocycles. The number of amides is 1. The first-order valence-corrected chi connectivity index (χ1v) is 7.57. The van der Waals surface area contributed by atoms with Crippen LogP contribution in [0.1, 0.15) is 15.9 Å². The van der Waals surface area contributed by atoms with Gasteiger partial charge in [0, 0.05) is 36.5 Å². The fourth-order valence-electron chi connectivity index (χ4n) is 2.14. The fraction of sp³-hybridized carbons (Fsp3) is 0.0556. The van der Waals surface area contributed by atoms with Gasteiger partial charge in [-0.15, -0.1) is 0 Å². The molecule has 1 aromatic carbocycles.